The molecule has 0 bridgehead atoms. The fraction of sp³-hybridized carbons (Fsp3) is 0.407. The number of pyridine rings is 1. The van der Waals surface area contributed by atoms with Gasteiger partial charge < -0.3 is 14.5 Å². The fourth-order valence-corrected chi connectivity index (χ4v) is 4.47. The Morgan fingerprint density at radius 2 is 1.94 bits per heavy atom. The summed E-state index contributed by atoms with van der Waals surface area (Å²) in [5, 5.41) is 1.66. The van der Waals surface area contributed by atoms with Crippen LogP contribution in [0.2, 0.25) is 0 Å². The highest BCUT2D eigenvalue weighted by Crippen LogP contribution is 2.30. The van der Waals surface area contributed by atoms with Crippen molar-refractivity contribution in [2.75, 3.05) is 45.3 Å². The number of amides is 1. The van der Waals surface area contributed by atoms with Crippen molar-refractivity contribution in [3.8, 4) is 17.0 Å². The molecule has 1 aliphatic rings. The van der Waals surface area contributed by atoms with Crippen LogP contribution in [0, 0.1) is 0 Å². The number of methoxy groups -OCH3 is 1. The zero-order valence-electron chi connectivity index (χ0n) is 21.3. The average molecular weight is 490 g/mol. The van der Waals surface area contributed by atoms with Crippen LogP contribution in [0.3, 0.4) is 0 Å². The van der Waals surface area contributed by atoms with Gasteiger partial charge in [-0.2, -0.15) is 0 Å². The van der Waals surface area contributed by atoms with Crippen molar-refractivity contribution in [3.05, 3.63) is 66.2 Å². The lowest BCUT2D eigenvalue weighted by Crippen LogP contribution is -2.47. The third-order valence-electron chi connectivity index (χ3n) is 6.63. The van der Waals surface area contributed by atoms with Gasteiger partial charge in [0.05, 0.1) is 37.7 Å². The molecule has 1 atom stereocenters. The monoisotopic (exact) mass is 489 g/mol. The first-order chi connectivity index (χ1) is 17.5. The van der Waals surface area contributed by atoms with Crippen molar-refractivity contribution in [3.63, 3.8) is 0 Å². The molecule has 190 valence electrons. The number of carbonyl (C=O) groups excluding carboxylic acids is 1. The minimum absolute atomic E-state index is 0.0641. The molecule has 2 aromatic heterocycles. The Bertz CT molecular complexity index is 1150. The van der Waals surface area contributed by atoms with Gasteiger partial charge in [-0.3, -0.25) is 19.8 Å². The van der Waals surface area contributed by atoms with E-state index >= 15 is 0 Å². The highest BCUT2D eigenvalue weighted by atomic mass is 16.5. The number of hydrazine groups is 1. The molecular weight excluding hydrogens is 454 g/mol. The number of hydrogen-bond donors (Lipinski definition) is 1. The number of nitrogens with zero attached hydrogens (tertiary/aromatic N) is 6. The van der Waals surface area contributed by atoms with E-state index in [1.165, 1.54) is 0 Å². The minimum Gasteiger partial charge on any atom is -0.496 e. The summed E-state index contributed by atoms with van der Waals surface area (Å²) in [5.41, 5.74) is 3.41. The van der Waals surface area contributed by atoms with Gasteiger partial charge in [-0.1, -0.05) is 31.5 Å². The summed E-state index contributed by atoms with van der Waals surface area (Å²) in [5.74, 6) is 7.90. The van der Waals surface area contributed by atoms with Gasteiger partial charge in [0.15, 0.2) is 5.82 Å². The van der Waals surface area contributed by atoms with Crippen molar-refractivity contribution in [2.45, 2.75) is 32.2 Å². The first-order valence-electron chi connectivity index (χ1n) is 12.4. The molecule has 9 heteroatoms. The van der Waals surface area contributed by atoms with Crippen LogP contribution in [-0.2, 0) is 11.2 Å². The van der Waals surface area contributed by atoms with E-state index in [1.807, 2.05) is 41.4 Å². The van der Waals surface area contributed by atoms with Crippen LogP contribution in [0.15, 0.2) is 55.1 Å². The van der Waals surface area contributed by atoms with Gasteiger partial charge >= 0.3 is 0 Å². The molecule has 0 aliphatic carbocycles. The maximum atomic E-state index is 12.9. The second-order valence-electron chi connectivity index (χ2n) is 9.15. The Balaban J connectivity index is 1.54. The van der Waals surface area contributed by atoms with E-state index < -0.39 is 0 Å². The van der Waals surface area contributed by atoms with E-state index in [2.05, 4.69) is 28.8 Å². The van der Waals surface area contributed by atoms with Crippen molar-refractivity contribution in [1.29, 1.82) is 0 Å². The Kier molecular flexibility index (Phi) is 8.45. The Morgan fingerprint density at radius 1 is 1.14 bits per heavy atom. The number of carbonyl (C=O) groups is 1. The maximum Gasteiger partial charge on any atom is 0.227 e. The van der Waals surface area contributed by atoms with Gasteiger partial charge in [-0.25, -0.2) is 10.8 Å². The average Bonchev–Trinajstić information content (AvgIpc) is 2.92. The summed E-state index contributed by atoms with van der Waals surface area (Å²) >= 11 is 0. The maximum absolute atomic E-state index is 12.9. The predicted octanol–water partition coefficient (Wildman–Crippen LogP) is 3.09. The third-order valence-corrected chi connectivity index (χ3v) is 6.63. The quantitative estimate of drug-likeness (QED) is 0.362. The summed E-state index contributed by atoms with van der Waals surface area (Å²) in [6.45, 7) is 5.43. The standard InChI is InChI=1S/C27H35N7O2/c1-4-6-24(22-7-5-10-29-17-22)34(28)26-19-30-18-23(31-26)20-8-9-21(25(15-20)36-3)16-27(35)33-13-11-32(2)12-14-33/h5,7-10,15,17-19,24H,4,6,11-14,16,28H2,1-3H3. The Hall–Kier alpha value is -3.56. The summed E-state index contributed by atoms with van der Waals surface area (Å²) in [4.78, 5) is 30.5. The lowest BCUT2D eigenvalue weighted by Gasteiger charge is -2.32. The number of benzene rings is 1. The molecular formula is C27H35N7O2. The van der Waals surface area contributed by atoms with Crippen LogP contribution >= 0.6 is 0 Å². The molecule has 3 aromatic rings. The molecule has 1 unspecified atom stereocenters. The molecule has 36 heavy (non-hydrogen) atoms. The van der Waals surface area contributed by atoms with Gasteiger partial charge in [0, 0.05) is 49.7 Å². The van der Waals surface area contributed by atoms with Crippen LogP contribution in [0.4, 0.5) is 5.82 Å². The molecule has 9 nitrogen and oxygen atoms in total. The number of piperazine rings is 1. The molecule has 1 aromatic carbocycles. The first kappa shape index (κ1) is 25.5. The summed E-state index contributed by atoms with van der Waals surface area (Å²) in [6, 6.07) is 9.67. The smallest absolute Gasteiger partial charge is 0.227 e. The van der Waals surface area contributed by atoms with Crippen LogP contribution < -0.4 is 15.6 Å². The topological polar surface area (TPSA) is 101 Å². The van der Waals surface area contributed by atoms with Gasteiger partial charge in [0.1, 0.15) is 5.75 Å². The zero-order valence-corrected chi connectivity index (χ0v) is 21.3. The zero-order chi connectivity index (χ0) is 25.5. The first-order valence-corrected chi connectivity index (χ1v) is 12.4. The highest BCUT2D eigenvalue weighted by molar-refractivity contribution is 5.80. The van der Waals surface area contributed by atoms with E-state index in [9.17, 15) is 4.79 Å². The Morgan fingerprint density at radius 3 is 2.64 bits per heavy atom. The normalized spacial score (nSPS) is 14.9. The molecule has 3 heterocycles. The third kappa shape index (κ3) is 5.98. The van der Waals surface area contributed by atoms with E-state index in [1.54, 1.807) is 30.7 Å². The number of hydrogen-bond acceptors (Lipinski definition) is 8. The van der Waals surface area contributed by atoms with Crippen LogP contribution in [0.25, 0.3) is 11.3 Å². The summed E-state index contributed by atoms with van der Waals surface area (Å²) < 4.78 is 5.65. The highest BCUT2D eigenvalue weighted by Gasteiger charge is 2.22. The van der Waals surface area contributed by atoms with Crippen LogP contribution in [0.1, 0.15) is 36.9 Å². The van der Waals surface area contributed by atoms with Crippen LogP contribution in [-0.4, -0.2) is 71.0 Å². The molecule has 0 spiro atoms. The SMILES string of the molecule is CCCC(c1cccnc1)N(N)c1cncc(-c2ccc(CC(=O)N3CCN(C)CC3)c(OC)c2)n1. The largest absolute Gasteiger partial charge is 0.496 e. The molecule has 0 saturated carbocycles. The molecule has 1 saturated heterocycles. The molecule has 1 fully saturated rings. The van der Waals surface area contributed by atoms with Gasteiger partial charge in [-0.15, -0.1) is 0 Å². The number of aromatic nitrogens is 3. The number of nitrogens with two attached hydrogens (primary N) is 1. The summed E-state index contributed by atoms with van der Waals surface area (Å²) in [6.07, 6.45) is 9.10. The number of ether oxygens (including phenoxy) is 1. The van der Waals surface area contributed by atoms with Crippen molar-refractivity contribution >= 4 is 11.7 Å². The lowest BCUT2D eigenvalue weighted by atomic mass is 10.0. The fourth-order valence-electron chi connectivity index (χ4n) is 4.47. The van der Waals surface area contributed by atoms with Crippen LogP contribution in [0.5, 0.6) is 5.75 Å². The number of likely N-dealkylation sites (N-methyl/N-ethyl adjacent to an activating group) is 1. The van der Waals surface area contributed by atoms with Gasteiger partial charge in [0.2, 0.25) is 5.91 Å². The van der Waals surface area contributed by atoms with E-state index in [0.29, 0.717) is 23.7 Å². The van der Waals surface area contributed by atoms with E-state index in [-0.39, 0.29) is 11.9 Å². The molecule has 1 aliphatic heterocycles. The molecule has 1 amide bonds. The number of rotatable bonds is 9. The van der Waals surface area contributed by atoms with E-state index in [4.69, 9.17) is 15.6 Å². The van der Waals surface area contributed by atoms with Crippen molar-refractivity contribution in [1.82, 2.24) is 24.8 Å². The lowest BCUT2D eigenvalue weighted by molar-refractivity contribution is -0.132. The minimum atomic E-state index is -0.0641. The summed E-state index contributed by atoms with van der Waals surface area (Å²) in [7, 11) is 3.70. The van der Waals surface area contributed by atoms with E-state index in [0.717, 1.165) is 55.7 Å². The van der Waals surface area contributed by atoms with Crippen molar-refractivity contribution in [2.24, 2.45) is 5.84 Å². The van der Waals surface area contributed by atoms with Crippen molar-refractivity contribution < 1.29 is 9.53 Å². The number of anilines is 1. The Labute approximate surface area is 212 Å². The molecule has 0 radical (unpaired) electrons. The van der Waals surface area contributed by atoms with Gasteiger partial charge in [-0.05, 0) is 31.2 Å². The molecule has 4 rings (SSSR count). The molecule has 2 N–H and O–H groups in total. The van der Waals surface area contributed by atoms with Gasteiger partial charge in [0.25, 0.3) is 0 Å². The second kappa shape index (κ2) is 11.9. The predicted molar refractivity (Wildman–Crippen MR) is 140 cm³/mol. The second-order valence-corrected chi connectivity index (χ2v) is 9.15.